The molecule has 1 aliphatic carbocycles. The van der Waals surface area contributed by atoms with Gasteiger partial charge in [0.25, 0.3) is 0 Å². The summed E-state index contributed by atoms with van der Waals surface area (Å²) in [5.41, 5.74) is 6.12. The first kappa shape index (κ1) is 14.2. The maximum atomic E-state index is 11.1. The lowest BCUT2D eigenvalue weighted by atomic mass is 9.82. The van der Waals surface area contributed by atoms with Crippen molar-refractivity contribution in [1.82, 2.24) is 4.98 Å². The van der Waals surface area contributed by atoms with Crippen molar-refractivity contribution in [2.45, 2.75) is 42.5 Å². The molecule has 5 N–H and O–H groups in total. The first-order chi connectivity index (χ1) is 8.89. The molecule has 0 bridgehead atoms. The highest BCUT2D eigenvalue weighted by Gasteiger charge is 2.27. The second kappa shape index (κ2) is 5.44. The van der Waals surface area contributed by atoms with Gasteiger partial charge < -0.3 is 11.1 Å². The molecule has 2 rings (SSSR count). The molecule has 7 heteroatoms. The number of hydrogen-bond acceptors (Lipinski definition) is 5. The van der Waals surface area contributed by atoms with Gasteiger partial charge in [-0.25, -0.2) is 18.5 Å². The van der Waals surface area contributed by atoms with Gasteiger partial charge >= 0.3 is 0 Å². The van der Waals surface area contributed by atoms with Crippen molar-refractivity contribution in [1.29, 1.82) is 0 Å². The Kier molecular flexibility index (Phi) is 4.07. The summed E-state index contributed by atoms with van der Waals surface area (Å²) in [6.45, 7) is 0.648. The Labute approximate surface area is 113 Å². The Hall–Kier alpha value is -1.18. The van der Waals surface area contributed by atoms with Crippen LogP contribution in [0.4, 0.5) is 5.82 Å². The van der Waals surface area contributed by atoms with Crippen molar-refractivity contribution in [3.05, 3.63) is 18.3 Å². The number of aromatic nitrogens is 1. The maximum Gasteiger partial charge on any atom is 0.239 e. The SMILES string of the molecule is NC1(CNc2ccc(S(N)(=O)=O)cn2)CCCCC1. The van der Waals surface area contributed by atoms with Crippen LogP contribution >= 0.6 is 0 Å². The van der Waals surface area contributed by atoms with Crippen LogP contribution in [0.3, 0.4) is 0 Å². The standard InChI is InChI=1S/C12H20N4O2S/c13-12(6-2-1-3-7-12)9-16-11-5-4-10(8-15-11)19(14,17)18/h4-5,8H,1-3,6-7,9,13H2,(H,15,16)(H2,14,17,18). The second-order valence-electron chi connectivity index (χ2n) is 5.20. The van der Waals surface area contributed by atoms with Gasteiger partial charge in [0.15, 0.2) is 0 Å². The molecule has 0 aromatic carbocycles. The molecule has 0 radical (unpaired) electrons. The molecule has 0 spiro atoms. The van der Waals surface area contributed by atoms with Crippen molar-refractivity contribution in [2.24, 2.45) is 10.9 Å². The summed E-state index contributed by atoms with van der Waals surface area (Å²) in [5, 5.41) is 8.17. The topological polar surface area (TPSA) is 111 Å². The van der Waals surface area contributed by atoms with Crippen LogP contribution in [0.15, 0.2) is 23.2 Å². The van der Waals surface area contributed by atoms with E-state index in [9.17, 15) is 8.42 Å². The van der Waals surface area contributed by atoms with E-state index in [2.05, 4.69) is 10.3 Å². The fourth-order valence-corrected chi connectivity index (χ4v) is 2.81. The van der Waals surface area contributed by atoms with Gasteiger partial charge in [0.1, 0.15) is 10.7 Å². The fraction of sp³-hybridized carbons (Fsp3) is 0.583. The summed E-state index contributed by atoms with van der Waals surface area (Å²) in [4.78, 5) is 4.05. The van der Waals surface area contributed by atoms with Crippen molar-refractivity contribution in [2.75, 3.05) is 11.9 Å². The molecule has 106 valence electrons. The zero-order valence-corrected chi connectivity index (χ0v) is 11.6. The summed E-state index contributed by atoms with van der Waals surface area (Å²) < 4.78 is 22.2. The molecule has 1 heterocycles. The third-order valence-electron chi connectivity index (χ3n) is 3.54. The van der Waals surface area contributed by atoms with Crippen LogP contribution in [0.2, 0.25) is 0 Å². The Morgan fingerprint density at radius 1 is 1.26 bits per heavy atom. The highest BCUT2D eigenvalue weighted by Crippen LogP contribution is 2.26. The minimum atomic E-state index is -3.68. The van der Waals surface area contributed by atoms with Crippen LogP contribution in [0.5, 0.6) is 0 Å². The lowest BCUT2D eigenvalue weighted by Gasteiger charge is -2.33. The predicted octanol–water partition coefficient (Wildman–Crippen LogP) is 0.802. The van der Waals surface area contributed by atoms with Gasteiger partial charge in [-0.15, -0.1) is 0 Å². The molecular weight excluding hydrogens is 264 g/mol. The Balaban J connectivity index is 1.96. The van der Waals surface area contributed by atoms with E-state index in [0.29, 0.717) is 12.4 Å². The number of rotatable bonds is 4. The number of nitrogens with two attached hydrogens (primary N) is 2. The minimum absolute atomic E-state index is 0.0122. The van der Waals surface area contributed by atoms with Gasteiger partial charge in [-0.3, -0.25) is 0 Å². The maximum absolute atomic E-state index is 11.1. The van der Waals surface area contributed by atoms with E-state index >= 15 is 0 Å². The lowest BCUT2D eigenvalue weighted by Crippen LogP contribution is -2.47. The van der Waals surface area contributed by atoms with Gasteiger partial charge in [-0.1, -0.05) is 19.3 Å². The third-order valence-corrected chi connectivity index (χ3v) is 4.43. The van der Waals surface area contributed by atoms with Crippen LogP contribution in [0, 0.1) is 0 Å². The van der Waals surface area contributed by atoms with Gasteiger partial charge in [0.05, 0.1) is 0 Å². The van der Waals surface area contributed by atoms with Gasteiger partial charge in [-0.2, -0.15) is 0 Å². The van der Waals surface area contributed by atoms with Crippen molar-refractivity contribution in [3.8, 4) is 0 Å². The van der Waals surface area contributed by atoms with E-state index in [1.165, 1.54) is 18.7 Å². The number of nitrogens with zero attached hydrogens (tertiary/aromatic N) is 1. The zero-order chi connectivity index (χ0) is 13.9. The van der Waals surface area contributed by atoms with Gasteiger partial charge in [-0.05, 0) is 25.0 Å². The smallest absolute Gasteiger partial charge is 0.239 e. The van der Waals surface area contributed by atoms with E-state index < -0.39 is 10.0 Å². The van der Waals surface area contributed by atoms with E-state index in [-0.39, 0.29) is 10.4 Å². The number of nitrogens with one attached hydrogen (secondary N) is 1. The summed E-state index contributed by atoms with van der Waals surface area (Å²) in [7, 11) is -3.68. The highest BCUT2D eigenvalue weighted by molar-refractivity contribution is 7.89. The van der Waals surface area contributed by atoms with E-state index in [4.69, 9.17) is 10.9 Å². The summed E-state index contributed by atoms with van der Waals surface area (Å²) >= 11 is 0. The van der Waals surface area contributed by atoms with Crippen LogP contribution in [0.1, 0.15) is 32.1 Å². The zero-order valence-electron chi connectivity index (χ0n) is 10.8. The third kappa shape index (κ3) is 3.89. The predicted molar refractivity (Wildman–Crippen MR) is 74.1 cm³/mol. The molecule has 1 saturated carbocycles. The molecular formula is C12H20N4O2S. The first-order valence-corrected chi connectivity index (χ1v) is 7.95. The van der Waals surface area contributed by atoms with E-state index in [1.807, 2.05) is 0 Å². The number of anilines is 1. The Morgan fingerprint density at radius 2 is 1.95 bits per heavy atom. The quantitative estimate of drug-likeness (QED) is 0.757. The first-order valence-electron chi connectivity index (χ1n) is 6.41. The van der Waals surface area contributed by atoms with E-state index in [1.54, 1.807) is 6.07 Å². The van der Waals surface area contributed by atoms with Gasteiger partial charge in [0, 0.05) is 18.3 Å². The van der Waals surface area contributed by atoms with Crippen molar-refractivity contribution < 1.29 is 8.42 Å². The average molecular weight is 284 g/mol. The molecule has 6 nitrogen and oxygen atoms in total. The number of hydrogen-bond donors (Lipinski definition) is 3. The number of primary sulfonamides is 1. The van der Waals surface area contributed by atoms with Crippen LogP contribution in [-0.2, 0) is 10.0 Å². The fourth-order valence-electron chi connectivity index (χ4n) is 2.35. The summed E-state index contributed by atoms with van der Waals surface area (Å²) in [5.74, 6) is 0.614. The lowest BCUT2D eigenvalue weighted by molar-refractivity contribution is 0.311. The second-order valence-corrected chi connectivity index (χ2v) is 6.76. The molecule has 1 aliphatic rings. The van der Waals surface area contributed by atoms with Crippen molar-refractivity contribution in [3.63, 3.8) is 0 Å². The number of pyridine rings is 1. The average Bonchev–Trinajstić information content (AvgIpc) is 2.37. The molecule has 0 amide bonds. The molecule has 1 aromatic heterocycles. The van der Waals surface area contributed by atoms with Crippen LogP contribution in [0.25, 0.3) is 0 Å². The minimum Gasteiger partial charge on any atom is -0.368 e. The molecule has 0 aliphatic heterocycles. The number of sulfonamides is 1. The monoisotopic (exact) mass is 284 g/mol. The van der Waals surface area contributed by atoms with E-state index in [0.717, 1.165) is 25.7 Å². The Bertz CT molecular complexity index is 521. The highest BCUT2D eigenvalue weighted by atomic mass is 32.2. The molecule has 19 heavy (non-hydrogen) atoms. The van der Waals surface area contributed by atoms with Gasteiger partial charge in [0.2, 0.25) is 10.0 Å². The molecule has 0 unspecified atom stereocenters. The van der Waals surface area contributed by atoms with Crippen molar-refractivity contribution >= 4 is 15.8 Å². The largest absolute Gasteiger partial charge is 0.368 e. The normalized spacial score (nSPS) is 19.1. The Morgan fingerprint density at radius 3 is 2.47 bits per heavy atom. The molecule has 0 saturated heterocycles. The summed E-state index contributed by atoms with van der Waals surface area (Å²) in [6, 6.07) is 3.04. The van der Waals surface area contributed by atoms with Crippen LogP contribution in [-0.4, -0.2) is 25.5 Å². The molecule has 0 atom stereocenters. The molecule has 1 fully saturated rings. The summed E-state index contributed by atoms with van der Waals surface area (Å²) in [6.07, 6.45) is 6.85. The molecule has 1 aromatic rings. The van der Waals surface area contributed by atoms with Crippen LogP contribution < -0.4 is 16.2 Å².